The van der Waals surface area contributed by atoms with E-state index in [4.69, 9.17) is 4.74 Å². The third-order valence-electron chi connectivity index (χ3n) is 4.33. The number of benzene rings is 2. The van der Waals surface area contributed by atoms with Crippen LogP contribution in [0.3, 0.4) is 0 Å². The van der Waals surface area contributed by atoms with Gasteiger partial charge in [0, 0.05) is 25.2 Å². The molecule has 0 spiro atoms. The summed E-state index contributed by atoms with van der Waals surface area (Å²) in [5.74, 6) is 0.942. The third kappa shape index (κ3) is 4.38. The van der Waals surface area contributed by atoms with E-state index >= 15 is 0 Å². The Bertz CT molecular complexity index is 739. The average Bonchev–Trinajstić information content (AvgIpc) is 3.07. The molecule has 1 aliphatic heterocycles. The highest BCUT2D eigenvalue weighted by Crippen LogP contribution is 2.21. The fourth-order valence-electron chi connectivity index (χ4n) is 2.91. The molecule has 0 aliphatic carbocycles. The number of nitrogens with zero attached hydrogens (tertiary/aromatic N) is 1. The maximum Gasteiger partial charge on any atom is 0.227 e. The Morgan fingerprint density at radius 2 is 1.76 bits per heavy atom. The first kappa shape index (κ1) is 17.0. The van der Waals surface area contributed by atoms with E-state index in [9.17, 15) is 9.59 Å². The van der Waals surface area contributed by atoms with Gasteiger partial charge in [0.1, 0.15) is 5.75 Å². The molecule has 5 nitrogen and oxygen atoms in total. The molecule has 1 aliphatic rings. The average molecular weight is 338 g/mol. The summed E-state index contributed by atoms with van der Waals surface area (Å²) in [5, 5.41) is 2.92. The molecule has 0 saturated carbocycles. The van der Waals surface area contributed by atoms with Gasteiger partial charge in [0.25, 0.3) is 0 Å². The minimum absolute atomic E-state index is 0.0270. The van der Waals surface area contributed by atoms with Crippen molar-refractivity contribution < 1.29 is 14.3 Å². The number of carbonyl (C=O) groups is 2. The number of amides is 2. The number of hydrogen-bond donors (Lipinski definition) is 1. The number of methoxy groups -OCH3 is 1. The second-order valence-corrected chi connectivity index (χ2v) is 6.12. The molecular formula is C20H22N2O3. The quantitative estimate of drug-likeness (QED) is 0.881. The number of carbonyl (C=O) groups excluding carboxylic acids is 2. The zero-order chi connectivity index (χ0) is 17.6. The van der Waals surface area contributed by atoms with E-state index in [0.29, 0.717) is 19.4 Å². The lowest BCUT2D eigenvalue weighted by atomic mass is 10.1. The van der Waals surface area contributed by atoms with Gasteiger partial charge in [-0.1, -0.05) is 24.3 Å². The third-order valence-corrected chi connectivity index (χ3v) is 4.33. The van der Waals surface area contributed by atoms with Gasteiger partial charge in [0.15, 0.2) is 0 Å². The summed E-state index contributed by atoms with van der Waals surface area (Å²) in [6.07, 6.45) is 1.86. The first-order valence-electron chi connectivity index (χ1n) is 8.44. The molecule has 2 aromatic rings. The Balaban J connectivity index is 1.51. The predicted molar refractivity (Wildman–Crippen MR) is 96.6 cm³/mol. The molecule has 0 unspecified atom stereocenters. The minimum Gasteiger partial charge on any atom is -0.497 e. The van der Waals surface area contributed by atoms with Gasteiger partial charge >= 0.3 is 0 Å². The number of nitrogens with one attached hydrogen (secondary N) is 1. The molecule has 130 valence electrons. The van der Waals surface area contributed by atoms with Gasteiger partial charge in [0.2, 0.25) is 11.8 Å². The van der Waals surface area contributed by atoms with Crippen LogP contribution in [0.1, 0.15) is 24.0 Å². The zero-order valence-corrected chi connectivity index (χ0v) is 14.3. The molecule has 0 bridgehead atoms. The van der Waals surface area contributed by atoms with Gasteiger partial charge in [-0.3, -0.25) is 9.59 Å². The van der Waals surface area contributed by atoms with Gasteiger partial charge in [-0.25, -0.2) is 0 Å². The van der Waals surface area contributed by atoms with E-state index in [2.05, 4.69) is 5.32 Å². The van der Waals surface area contributed by atoms with Crippen molar-refractivity contribution in [2.24, 2.45) is 0 Å². The van der Waals surface area contributed by atoms with E-state index in [-0.39, 0.29) is 11.8 Å². The molecule has 0 radical (unpaired) electrons. The molecular weight excluding hydrogens is 316 g/mol. The molecule has 1 fully saturated rings. The fraction of sp³-hybridized carbons (Fsp3) is 0.300. The van der Waals surface area contributed by atoms with Crippen LogP contribution in [0.5, 0.6) is 5.75 Å². The van der Waals surface area contributed by atoms with E-state index < -0.39 is 0 Å². The second kappa shape index (κ2) is 7.83. The summed E-state index contributed by atoms with van der Waals surface area (Å²) in [6.45, 7) is 1.27. The smallest absolute Gasteiger partial charge is 0.227 e. The Hall–Kier alpha value is -2.82. The first-order valence-corrected chi connectivity index (χ1v) is 8.44. The summed E-state index contributed by atoms with van der Waals surface area (Å²) in [7, 11) is 1.63. The molecule has 2 aromatic carbocycles. The van der Waals surface area contributed by atoms with Crippen molar-refractivity contribution in [3.05, 3.63) is 59.7 Å². The largest absolute Gasteiger partial charge is 0.497 e. The van der Waals surface area contributed by atoms with Crippen LogP contribution in [0.15, 0.2) is 48.5 Å². The van der Waals surface area contributed by atoms with Crippen molar-refractivity contribution >= 4 is 17.5 Å². The van der Waals surface area contributed by atoms with Gasteiger partial charge in [-0.2, -0.15) is 0 Å². The summed E-state index contributed by atoms with van der Waals surface area (Å²) in [6, 6.07) is 15.3. The van der Waals surface area contributed by atoms with Crippen LogP contribution in [-0.4, -0.2) is 25.5 Å². The Kier molecular flexibility index (Phi) is 5.33. The summed E-state index contributed by atoms with van der Waals surface area (Å²) >= 11 is 0. The molecule has 25 heavy (non-hydrogen) atoms. The maximum atomic E-state index is 12.1. The Morgan fingerprint density at radius 3 is 2.36 bits per heavy atom. The predicted octanol–water partition coefficient (Wildman–Crippen LogP) is 2.68. The highest BCUT2D eigenvalue weighted by molar-refractivity contribution is 5.95. The lowest BCUT2D eigenvalue weighted by Gasteiger charge is -2.15. The van der Waals surface area contributed by atoms with Gasteiger partial charge in [-0.05, 0) is 41.8 Å². The van der Waals surface area contributed by atoms with E-state index in [1.807, 2.05) is 48.5 Å². The lowest BCUT2D eigenvalue weighted by Crippen LogP contribution is -2.25. The number of hydrogen-bond acceptors (Lipinski definition) is 3. The van der Waals surface area contributed by atoms with Crippen LogP contribution in [-0.2, 0) is 22.6 Å². The zero-order valence-electron chi connectivity index (χ0n) is 14.3. The number of ether oxygens (including phenoxy) is 1. The first-order chi connectivity index (χ1) is 12.2. The van der Waals surface area contributed by atoms with Crippen LogP contribution in [0.4, 0.5) is 5.69 Å². The highest BCUT2D eigenvalue weighted by Gasteiger charge is 2.21. The van der Waals surface area contributed by atoms with Gasteiger partial charge in [-0.15, -0.1) is 0 Å². The normalized spacial score (nSPS) is 13.8. The van der Waals surface area contributed by atoms with E-state index in [1.54, 1.807) is 12.0 Å². The van der Waals surface area contributed by atoms with Gasteiger partial charge in [0.05, 0.1) is 13.5 Å². The summed E-state index contributed by atoms with van der Waals surface area (Å²) in [5.41, 5.74) is 2.87. The van der Waals surface area contributed by atoms with Crippen molar-refractivity contribution in [3.63, 3.8) is 0 Å². The molecule has 0 atom stereocenters. The van der Waals surface area contributed by atoms with Crippen LogP contribution in [0, 0.1) is 0 Å². The monoisotopic (exact) mass is 338 g/mol. The molecule has 1 heterocycles. The van der Waals surface area contributed by atoms with Gasteiger partial charge < -0.3 is 15.0 Å². The molecule has 5 heteroatoms. The lowest BCUT2D eigenvalue weighted by molar-refractivity contribution is -0.120. The van der Waals surface area contributed by atoms with Crippen molar-refractivity contribution in [3.8, 4) is 5.75 Å². The van der Waals surface area contributed by atoms with Crippen molar-refractivity contribution in [1.82, 2.24) is 5.32 Å². The van der Waals surface area contributed by atoms with Crippen LogP contribution in [0.25, 0.3) is 0 Å². The molecule has 3 rings (SSSR count). The number of anilines is 1. The SMILES string of the molecule is COc1ccc(CNC(=O)Cc2ccc(N3CCCC3=O)cc2)cc1. The van der Waals surface area contributed by atoms with Crippen molar-refractivity contribution in [2.75, 3.05) is 18.6 Å². The summed E-state index contributed by atoms with van der Waals surface area (Å²) < 4.78 is 5.12. The molecule has 1 saturated heterocycles. The Morgan fingerprint density at radius 1 is 1.08 bits per heavy atom. The molecule has 1 N–H and O–H groups in total. The maximum absolute atomic E-state index is 12.1. The highest BCUT2D eigenvalue weighted by atomic mass is 16.5. The second-order valence-electron chi connectivity index (χ2n) is 6.12. The van der Waals surface area contributed by atoms with Crippen LogP contribution < -0.4 is 15.0 Å². The standard InChI is InChI=1S/C20H22N2O3/c1-25-18-10-6-16(7-11-18)14-21-19(23)13-15-4-8-17(9-5-15)22-12-2-3-20(22)24/h4-11H,2-3,12-14H2,1H3,(H,21,23). The van der Waals surface area contributed by atoms with Crippen molar-refractivity contribution in [2.45, 2.75) is 25.8 Å². The minimum atomic E-state index is -0.0270. The van der Waals surface area contributed by atoms with Crippen LogP contribution >= 0.6 is 0 Å². The van der Waals surface area contributed by atoms with E-state index in [0.717, 1.165) is 35.5 Å². The number of rotatable bonds is 6. The molecule has 2 amide bonds. The summed E-state index contributed by atoms with van der Waals surface area (Å²) in [4.78, 5) is 25.7. The fourth-order valence-corrected chi connectivity index (χ4v) is 2.91. The molecule has 0 aromatic heterocycles. The van der Waals surface area contributed by atoms with Crippen molar-refractivity contribution in [1.29, 1.82) is 0 Å². The van der Waals surface area contributed by atoms with E-state index in [1.165, 1.54) is 0 Å². The van der Waals surface area contributed by atoms with Crippen LogP contribution in [0.2, 0.25) is 0 Å². The topological polar surface area (TPSA) is 58.6 Å². The Labute approximate surface area is 147 Å².